The smallest absolute Gasteiger partial charge is 0.336 e. The molecule has 0 aliphatic carbocycles. The van der Waals surface area contributed by atoms with Gasteiger partial charge in [0.25, 0.3) is 0 Å². The molecule has 1 heterocycles. The number of carbonyl (C=O) groups is 1. The largest absolute Gasteiger partial charge is 0.478 e. The molecule has 0 fully saturated rings. The Balaban J connectivity index is 2.39. The molecule has 0 aliphatic heterocycles. The number of nitrogens with zero attached hydrogens (tertiary/aromatic N) is 3. The third-order valence-corrected chi connectivity index (χ3v) is 4.96. The molecule has 0 radical (unpaired) electrons. The van der Waals surface area contributed by atoms with Gasteiger partial charge in [-0.15, -0.1) is 10.2 Å². The summed E-state index contributed by atoms with van der Waals surface area (Å²) in [5.41, 5.74) is 5.98. The molecule has 0 unspecified atom stereocenters. The summed E-state index contributed by atoms with van der Waals surface area (Å²) in [5, 5.41) is 18.2. The number of hydrogen-bond acceptors (Lipinski definition) is 7. The zero-order valence-corrected chi connectivity index (χ0v) is 13.0. The Hall–Kier alpha value is -1.51. The van der Waals surface area contributed by atoms with Gasteiger partial charge in [-0.25, -0.2) is 4.79 Å². The van der Waals surface area contributed by atoms with Crippen molar-refractivity contribution in [2.24, 2.45) is 0 Å². The second kappa shape index (κ2) is 5.86. The van der Waals surface area contributed by atoms with Crippen molar-refractivity contribution in [3.05, 3.63) is 22.7 Å². The topological polar surface area (TPSA) is 92.3 Å². The van der Waals surface area contributed by atoms with Crippen molar-refractivity contribution in [3.63, 3.8) is 0 Å². The van der Waals surface area contributed by atoms with E-state index < -0.39 is 5.97 Å². The van der Waals surface area contributed by atoms with E-state index >= 15 is 0 Å². The van der Waals surface area contributed by atoms with E-state index in [9.17, 15) is 9.90 Å². The van der Waals surface area contributed by atoms with E-state index in [2.05, 4.69) is 10.2 Å². The normalized spacial score (nSPS) is 10.6. The van der Waals surface area contributed by atoms with Crippen LogP contribution in [0.5, 0.6) is 0 Å². The highest BCUT2D eigenvalue weighted by Crippen LogP contribution is 2.39. The zero-order chi connectivity index (χ0) is 14.9. The fourth-order valence-corrected chi connectivity index (χ4v) is 3.54. The molecule has 1 aromatic heterocycles. The van der Waals surface area contributed by atoms with Crippen LogP contribution in [0, 0.1) is 0 Å². The molecule has 0 spiro atoms. The van der Waals surface area contributed by atoms with Gasteiger partial charge in [0, 0.05) is 24.7 Å². The Bertz CT molecular complexity index is 660. The maximum absolute atomic E-state index is 11.3. The maximum Gasteiger partial charge on any atom is 0.336 e. The Morgan fingerprint density at radius 1 is 1.45 bits per heavy atom. The van der Waals surface area contributed by atoms with Crippen LogP contribution in [0.3, 0.4) is 0 Å². The predicted molar refractivity (Wildman–Crippen MR) is 81.2 cm³/mol. The monoisotopic (exact) mass is 330 g/mol. The lowest BCUT2D eigenvalue weighted by Crippen LogP contribution is -2.07. The predicted octanol–water partition coefficient (Wildman–Crippen LogP) is 2.69. The zero-order valence-electron chi connectivity index (χ0n) is 10.6. The average Bonchev–Trinajstić information content (AvgIpc) is 2.80. The quantitative estimate of drug-likeness (QED) is 0.832. The van der Waals surface area contributed by atoms with E-state index in [0.29, 0.717) is 14.9 Å². The molecule has 0 aliphatic rings. The molecular weight excluding hydrogens is 320 g/mol. The number of nitrogen functional groups attached to an aromatic ring is 1. The third kappa shape index (κ3) is 3.14. The van der Waals surface area contributed by atoms with Crippen LogP contribution in [0.2, 0.25) is 5.02 Å². The standard InChI is InChI=1S/C11H11ClN4O2S2/c1-16(2)10-14-15-11(20-10)19-8-6(9(17)18)3-5(13)4-7(8)12/h3-4H,13H2,1-2H3,(H,17,18). The SMILES string of the molecule is CN(C)c1nnc(Sc2c(Cl)cc(N)cc2C(=O)O)s1. The average molecular weight is 331 g/mol. The van der Waals surface area contributed by atoms with Crippen molar-refractivity contribution in [1.82, 2.24) is 10.2 Å². The first kappa shape index (κ1) is 14.9. The molecular formula is C11H11ClN4O2S2. The highest BCUT2D eigenvalue weighted by molar-refractivity contribution is 8.01. The molecule has 6 nitrogen and oxygen atoms in total. The second-order valence-electron chi connectivity index (χ2n) is 4.03. The number of anilines is 2. The third-order valence-electron chi connectivity index (χ3n) is 2.26. The van der Waals surface area contributed by atoms with Crippen LogP contribution in [0.25, 0.3) is 0 Å². The van der Waals surface area contributed by atoms with Gasteiger partial charge in [0.2, 0.25) is 5.13 Å². The number of benzene rings is 1. The van der Waals surface area contributed by atoms with Crippen molar-refractivity contribution in [3.8, 4) is 0 Å². The van der Waals surface area contributed by atoms with Gasteiger partial charge in [0.1, 0.15) is 0 Å². The van der Waals surface area contributed by atoms with E-state index in [1.807, 2.05) is 19.0 Å². The van der Waals surface area contributed by atoms with Gasteiger partial charge in [0.05, 0.1) is 10.6 Å². The second-order valence-corrected chi connectivity index (χ2v) is 6.65. The molecule has 0 saturated heterocycles. The Morgan fingerprint density at radius 2 is 2.15 bits per heavy atom. The van der Waals surface area contributed by atoms with Crippen LogP contribution in [-0.2, 0) is 0 Å². The lowest BCUT2D eigenvalue weighted by Gasteiger charge is -2.07. The summed E-state index contributed by atoms with van der Waals surface area (Å²) >= 11 is 8.60. The Morgan fingerprint density at radius 3 is 2.70 bits per heavy atom. The molecule has 0 atom stereocenters. The molecule has 106 valence electrons. The number of aromatic carboxylic acids is 1. The molecule has 20 heavy (non-hydrogen) atoms. The van der Waals surface area contributed by atoms with Crippen LogP contribution < -0.4 is 10.6 Å². The minimum atomic E-state index is -1.08. The number of rotatable bonds is 4. The number of hydrogen-bond donors (Lipinski definition) is 2. The molecule has 2 rings (SSSR count). The van der Waals surface area contributed by atoms with Gasteiger partial charge in [-0.1, -0.05) is 34.7 Å². The van der Waals surface area contributed by atoms with Crippen molar-refractivity contribution < 1.29 is 9.90 Å². The summed E-state index contributed by atoms with van der Waals surface area (Å²) in [4.78, 5) is 13.5. The number of carboxylic acid groups (broad SMARTS) is 1. The van der Waals surface area contributed by atoms with Gasteiger partial charge in [-0.05, 0) is 12.1 Å². The van der Waals surface area contributed by atoms with Gasteiger partial charge in [-0.3, -0.25) is 0 Å². The van der Waals surface area contributed by atoms with E-state index in [1.165, 1.54) is 35.2 Å². The van der Waals surface area contributed by atoms with Crippen molar-refractivity contribution in [2.45, 2.75) is 9.24 Å². The van der Waals surface area contributed by atoms with E-state index in [-0.39, 0.29) is 10.6 Å². The number of aromatic nitrogens is 2. The van der Waals surface area contributed by atoms with Crippen LogP contribution in [-0.4, -0.2) is 35.4 Å². The minimum Gasteiger partial charge on any atom is -0.478 e. The van der Waals surface area contributed by atoms with Crippen molar-refractivity contribution in [2.75, 3.05) is 24.7 Å². The van der Waals surface area contributed by atoms with Gasteiger partial charge in [0.15, 0.2) is 4.34 Å². The van der Waals surface area contributed by atoms with Crippen molar-refractivity contribution >= 4 is 51.5 Å². The van der Waals surface area contributed by atoms with Crippen LogP contribution >= 0.6 is 34.7 Å². The number of halogens is 1. The molecule has 0 amide bonds. The van der Waals surface area contributed by atoms with Crippen LogP contribution in [0.15, 0.2) is 21.4 Å². The summed E-state index contributed by atoms with van der Waals surface area (Å²) in [6.07, 6.45) is 0. The summed E-state index contributed by atoms with van der Waals surface area (Å²) in [5.74, 6) is -1.08. The fraction of sp³-hybridized carbons (Fsp3) is 0.182. The lowest BCUT2D eigenvalue weighted by molar-refractivity contribution is 0.0693. The summed E-state index contributed by atoms with van der Waals surface area (Å²) in [6.45, 7) is 0. The Labute approximate surface area is 128 Å². The minimum absolute atomic E-state index is 0.0570. The lowest BCUT2D eigenvalue weighted by atomic mass is 10.2. The van der Waals surface area contributed by atoms with Crippen molar-refractivity contribution in [1.29, 1.82) is 0 Å². The molecule has 2 aromatic rings. The van der Waals surface area contributed by atoms with Crippen LogP contribution in [0.4, 0.5) is 10.8 Å². The van der Waals surface area contributed by atoms with E-state index in [1.54, 1.807) is 0 Å². The molecule has 1 aromatic carbocycles. The summed E-state index contributed by atoms with van der Waals surface area (Å²) < 4.78 is 0.614. The fourth-order valence-electron chi connectivity index (χ4n) is 1.39. The number of nitrogens with two attached hydrogens (primary N) is 1. The first-order chi connectivity index (χ1) is 9.38. The number of carboxylic acids is 1. The molecule has 3 N–H and O–H groups in total. The van der Waals surface area contributed by atoms with E-state index in [4.69, 9.17) is 17.3 Å². The molecule has 0 saturated carbocycles. The van der Waals surface area contributed by atoms with Gasteiger partial charge in [-0.2, -0.15) is 0 Å². The first-order valence-corrected chi connectivity index (χ1v) is 7.40. The maximum atomic E-state index is 11.3. The van der Waals surface area contributed by atoms with Gasteiger partial charge >= 0.3 is 5.97 Å². The van der Waals surface area contributed by atoms with Gasteiger partial charge < -0.3 is 15.7 Å². The van der Waals surface area contributed by atoms with Crippen LogP contribution in [0.1, 0.15) is 10.4 Å². The Kier molecular flexibility index (Phi) is 4.36. The highest BCUT2D eigenvalue weighted by atomic mass is 35.5. The molecule has 0 bridgehead atoms. The van der Waals surface area contributed by atoms with E-state index in [0.717, 1.165) is 5.13 Å². The molecule has 9 heteroatoms. The summed E-state index contributed by atoms with van der Waals surface area (Å²) in [6, 6.07) is 2.90. The summed E-state index contributed by atoms with van der Waals surface area (Å²) in [7, 11) is 3.71. The highest BCUT2D eigenvalue weighted by Gasteiger charge is 2.18. The first-order valence-electron chi connectivity index (χ1n) is 5.39.